The van der Waals surface area contributed by atoms with Gasteiger partial charge in [0.2, 0.25) is 0 Å². The normalized spacial score (nSPS) is 10.8. The highest BCUT2D eigenvalue weighted by Crippen LogP contribution is 2.34. The Hall–Kier alpha value is -2.41. The third-order valence-corrected chi connectivity index (χ3v) is 3.94. The van der Waals surface area contributed by atoms with Crippen molar-refractivity contribution >= 4 is 5.78 Å². The van der Waals surface area contributed by atoms with Crippen molar-refractivity contribution in [3.05, 3.63) is 82.4 Å². The average molecular weight is 274 g/mol. The summed E-state index contributed by atoms with van der Waals surface area (Å²) in [6, 6.07) is 17.8. The minimum Gasteiger partial charge on any atom is -0.289 e. The number of carbonyl (C=O) groups excluding carboxylic acids is 1. The first-order chi connectivity index (χ1) is 10.1. The molecule has 0 saturated heterocycles. The lowest BCUT2D eigenvalue weighted by Crippen LogP contribution is -2.01. The summed E-state index contributed by atoms with van der Waals surface area (Å²) >= 11 is 0. The maximum Gasteiger partial charge on any atom is 0.193 e. The topological polar surface area (TPSA) is 17.1 Å². The highest BCUT2D eigenvalue weighted by Gasteiger charge is 2.19. The molecule has 0 N–H and O–H groups in total. The van der Waals surface area contributed by atoms with Crippen LogP contribution in [-0.2, 0) is 0 Å². The van der Waals surface area contributed by atoms with E-state index < -0.39 is 0 Å². The average Bonchev–Trinajstić information content (AvgIpc) is 2.88. The van der Waals surface area contributed by atoms with Gasteiger partial charge in [0, 0.05) is 11.1 Å². The fraction of sp³-hybridized carbons (Fsp3) is 0.150. The number of hydrogen-bond donors (Lipinski definition) is 0. The van der Waals surface area contributed by atoms with Crippen LogP contribution in [0.4, 0.5) is 0 Å². The van der Waals surface area contributed by atoms with Crippen LogP contribution in [0.2, 0.25) is 0 Å². The van der Waals surface area contributed by atoms with E-state index in [0.717, 1.165) is 22.3 Å². The molecule has 1 heteroatoms. The Labute approximate surface area is 125 Å². The molecule has 1 aromatic carbocycles. The predicted octanol–water partition coefficient (Wildman–Crippen LogP) is 4.95. The van der Waals surface area contributed by atoms with E-state index in [-0.39, 0.29) is 5.78 Å². The fourth-order valence-electron chi connectivity index (χ4n) is 3.04. The van der Waals surface area contributed by atoms with Crippen LogP contribution in [0.25, 0.3) is 11.1 Å². The van der Waals surface area contributed by atoms with Gasteiger partial charge in [-0.15, -0.1) is 0 Å². The second-order valence-corrected chi connectivity index (χ2v) is 5.63. The molecule has 1 nitrogen and oxygen atoms in total. The molecule has 0 aromatic heterocycles. The first-order valence-electron chi connectivity index (χ1n) is 7.18. The van der Waals surface area contributed by atoms with Crippen molar-refractivity contribution < 1.29 is 4.79 Å². The van der Waals surface area contributed by atoms with Crippen LogP contribution >= 0.6 is 0 Å². The molecule has 21 heavy (non-hydrogen) atoms. The molecule has 0 unspecified atom stereocenters. The molecule has 0 aliphatic heterocycles. The minimum atomic E-state index is 0.0944. The van der Waals surface area contributed by atoms with Gasteiger partial charge >= 0.3 is 0 Å². The lowest BCUT2D eigenvalue weighted by molar-refractivity contribution is 0.103. The number of ketones is 1. The van der Waals surface area contributed by atoms with E-state index in [4.69, 9.17) is 0 Å². The van der Waals surface area contributed by atoms with Crippen LogP contribution < -0.4 is 0 Å². The molecule has 1 aromatic rings. The van der Waals surface area contributed by atoms with Crippen molar-refractivity contribution in [2.45, 2.75) is 20.8 Å². The summed E-state index contributed by atoms with van der Waals surface area (Å²) < 4.78 is 0. The summed E-state index contributed by atoms with van der Waals surface area (Å²) in [5.74, 6) is 0.0944. The van der Waals surface area contributed by atoms with E-state index in [1.807, 2.05) is 36.4 Å². The summed E-state index contributed by atoms with van der Waals surface area (Å²) in [7, 11) is 0. The van der Waals surface area contributed by atoms with Crippen molar-refractivity contribution in [2.75, 3.05) is 0 Å². The van der Waals surface area contributed by atoms with Gasteiger partial charge in [-0.05, 0) is 49.1 Å². The molecule has 2 aliphatic rings. The Kier molecular flexibility index (Phi) is 3.34. The Morgan fingerprint density at radius 1 is 0.810 bits per heavy atom. The molecular weight excluding hydrogens is 256 g/mol. The molecular formula is C20H18O. The van der Waals surface area contributed by atoms with E-state index in [0.29, 0.717) is 0 Å². The van der Waals surface area contributed by atoms with Gasteiger partial charge in [-0.3, -0.25) is 4.79 Å². The first kappa shape index (κ1) is 13.6. The zero-order chi connectivity index (χ0) is 15.0. The molecule has 0 spiro atoms. The summed E-state index contributed by atoms with van der Waals surface area (Å²) in [6.07, 6.45) is 0. The van der Waals surface area contributed by atoms with E-state index in [1.54, 1.807) is 0 Å². The van der Waals surface area contributed by atoms with Gasteiger partial charge in [-0.25, -0.2) is 0 Å². The number of benzene rings is 1. The molecule has 0 fully saturated rings. The predicted molar refractivity (Wildman–Crippen MR) is 87.1 cm³/mol. The van der Waals surface area contributed by atoms with E-state index in [2.05, 4.69) is 39.0 Å². The summed E-state index contributed by atoms with van der Waals surface area (Å²) in [5, 5.41) is 0. The van der Waals surface area contributed by atoms with Crippen molar-refractivity contribution in [3.8, 4) is 11.1 Å². The van der Waals surface area contributed by atoms with Crippen LogP contribution in [0.1, 0.15) is 32.6 Å². The Morgan fingerprint density at radius 2 is 1.48 bits per heavy atom. The maximum absolute atomic E-state index is 12.8. The van der Waals surface area contributed by atoms with Gasteiger partial charge in [-0.1, -0.05) is 54.1 Å². The highest BCUT2D eigenvalue weighted by atomic mass is 16.1. The monoisotopic (exact) mass is 274 g/mol. The summed E-state index contributed by atoms with van der Waals surface area (Å²) in [4.78, 5) is 12.8. The van der Waals surface area contributed by atoms with Crippen molar-refractivity contribution in [1.82, 2.24) is 0 Å². The third-order valence-electron chi connectivity index (χ3n) is 3.94. The van der Waals surface area contributed by atoms with Gasteiger partial charge < -0.3 is 0 Å². The Morgan fingerprint density at radius 3 is 2.19 bits per heavy atom. The van der Waals surface area contributed by atoms with Crippen molar-refractivity contribution in [1.29, 1.82) is 0 Å². The van der Waals surface area contributed by atoms with Crippen LogP contribution in [0.3, 0.4) is 0 Å². The molecule has 0 bridgehead atoms. The molecule has 0 radical (unpaired) electrons. The lowest BCUT2D eigenvalue weighted by Gasteiger charge is -2.06. The number of fused-ring (bicyclic) bond motifs is 1. The van der Waals surface area contributed by atoms with Gasteiger partial charge in [0.15, 0.2) is 5.78 Å². The number of carbonyl (C=O) groups is 1. The molecule has 104 valence electrons. The Balaban J connectivity index is 2.22. The quantitative estimate of drug-likeness (QED) is 0.604. The second kappa shape index (κ2) is 5.17. The number of hydrogen-bond acceptors (Lipinski definition) is 1. The molecule has 3 rings (SSSR count). The molecule has 0 saturated carbocycles. The van der Waals surface area contributed by atoms with Crippen molar-refractivity contribution in [3.63, 3.8) is 0 Å². The smallest absolute Gasteiger partial charge is 0.193 e. The van der Waals surface area contributed by atoms with Crippen molar-refractivity contribution in [2.24, 2.45) is 0 Å². The standard InChI is InChI=1S/C20H18O/c1-13-11-14(2)17-9-10-18(19(17)15(3)12-13)20(21)16-7-5-4-6-8-16/h4-12H,1-3H3. The summed E-state index contributed by atoms with van der Waals surface area (Å²) in [5.41, 5.74) is 7.37. The number of aryl methyl sites for hydroxylation is 3. The molecule has 0 amide bonds. The van der Waals surface area contributed by atoms with Gasteiger partial charge in [0.1, 0.15) is 0 Å². The van der Waals surface area contributed by atoms with Crippen LogP contribution in [-0.4, -0.2) is 5.78 Å². The number of rotatable bonds is 2. The second-order valence-electron chi connectivity index (χ2n) is 5.63. The largest absolute Gasteiger partial charge is 0.289 e. The van der Waals surface area contributed by atoms with E-state index >= 15 is 0 Å². The molecule has 0 heterocycles. The highest BCUT2D eigenvalue weighted by molar-refractivity contribution is 6.14. The van der Waals surface area contributed by atoms with Crippen LogP contribution in [0.15, 0.2) is 54.6 Å². The minimum absolute atomic E-state index is 0.0944. The van der Waals surface area contributed by atoms with Gasteiger partial charge in [0.25, 0.3) is 0 Å². The van der Waals surface area contributed by atoms with Crippen LogP contribution in [0.5, 0.6) is 0 Å². The zero-order valence-corrected chi connectivity index (χ0v) is 12.6. The third kappa shape index (κ3) is 2.36. The van der Waals surface area contributed by atoms with Gasteiger partial charge in [-0.2, -0.15) is 0 Å². The van der Waals surface area contributed by atoms with Crippen LogP contribution in [0, 0.1) is 20.8 Å². The SMILES string of the molecule is Cc1cc(C)c2ccc(C(=O)c3ccccc3)c-2c(C)c1. The van der Waals surface area contributed by atoms with E-state index in [1.165, 1.54) is 16.7 Å². The molecule has 0 atom stereocenters. The fourth-order valence-corrected chi connectivity index (χ4v) is 3.04. The first-order valence-corrected chi connectivity index (χ1v) is 7.18. The van der Waals surface area contributed by atoms with E-state index in [9.17, 15) is 4.79 Å². The summed E-state index contributed by atoms with van der Waals surface area (Å²) in [6.45, 7) is 6.28. The molecule has 2 aliphatic carbocycles. The lowest BCUT2D eigenvalue weighted by atomic mass is 9.96. The van der Waals surface area contributed by atoms with Gasteiger partial charge in [0.05, 0.1) is 0 Å². The Bertz CT molecular complexity index is 785. The maximum atomic E-state index is 12.8. The zero-order valence-electron chi connectivity index (χ0n) is 12.6.